The number of aromatic amines is 1. The molecule has 3 nitrogen and oxygen atoms in total. The Morgan fingerprint density at radius 1 is 1.26 bits per heavy atom. The lowest BCUT2D eigenvalue weighted by atomic mass is 9.93. The summed E-state index contributed by atoms with van der Waals surface area (Å²) in [5.74, 6) is 0. The van der Waals surface area contributed by atoms with Crippen LogP contribution in [0.25, 0.3) is 10.9 Å². The molecule has 0 aliphatic heterocycles. The lowest BCUT2D eigenvalue weighted by Gasteiger charge is -2.29. The molecule has 0 spiro atoms. The van der Waals surface area contributed by atoms with E-state index in [-0.39, 0.29) is 5.41 Å². The van der Waals surface area contributed by atoms with Gasteiger partial charge in [0.1, 0.15) is 0 Å². The fourth-order valence-corrected chi connectivity index (χ4v) is 2.66. The first kappa shape index (κ1) is 14.1. The fraction of sp³-hybridized carbons (Fsp3) is 0.500. The quantitative estimate of drug-likeness (QED) is 0.867. The number of nitrogens with two attached hydrogens (primary N) is 1. The van der Waals surface area contributed by atoms with Crippen LogP contribution in [0.15, 0.2) is 24.3 Å². The summed E-state index contributed by atoms with van der Waals surface area (Å²) < 4.78 is 0. The predicted molar refractivity (Wildman–Crippen MR) is 82.2 cm³/mol. The normalized spacial score (nSPS) is 12.5. The summed E-state index contributed by atoms with van der Waals surface area (Å²) in [6.07, 6.45) is 0. The number of nitrogens with zero attached hydrogens (tertiary/aromatic N) is 1. The van der Waals surface area contributed by atoms with Gasteiger partial charge in [0.2, 0.25) is 0 Å². The maximum Gasteiger partial charge on any atom is 0.0459 e. The number of aromatic nitrogens is 1. The maximum atomic E-state index is 5.82. The molecule has 3 heteroatoms. The third-order valence-electron chi connectivity index (χ3n) is 3.71. The SMILES string of the molecule is Cc1[nH]c2ccccc2c1CN(C)CC(C)(C)CN. The van der Waals surface area contributed by atoms with Crippen LogP contribution >= 0.6 is 0 Å². The zero-order chi connectivity index (χ0) is 14.0. The van der Waals surface area contributed by atoms with E-state index in [4.69, 9.17) is 5.73 Å². The van der Waals surface area contributed by atoms with Crippen molar-refractivity contribution in [1.29, 1.82) is 0 Å². The van der Waals surface area contributed by atoms with Crippen LogP contribution in [0.5, 0.6) is 0 Å². The smallest absolute Gasteiger partial charge is 0.0459 e. The predicted octanol–water partition coefficient (Wildman–Crippen LogP) is 2.89. The van der Waals surface area contributed by atoms with E-state index in [1.807, 2.05) is 0 Å². The Bertz CT molecular complexity index is 554. The van der Waals surface area contributed by atoms with E-state index in [1.165, 1.54) is 22.2 Å². The third-order valence-corrected chi connectivity index (χ3v) is 3.71. The number of fused-ring (bicyclic) bond motifs is 1. The van der Waals surface area contributed by atoms with Crippen molar-refractivity contribution in [2.24, 2.45) is 11.1 Å². The molecule has 104 valence electrons. The van der Waals surface area contributed by atoms with Crippen molar-refractivity contribution in [3.05, 3.63) is 35.5 Å². The second-order valence-corrected chi connectivity index (χ2v) is 6.31. The first-order chi connectivity index (χ1) is 8.93. The van der Waals surface area contributed by atoms with Crippen LogP contribution < -0.4 is 5.73 Å². The van der Waals surface area contributed by atoms with Gasteiger partial charge in [-0.3, -0.25) is 0 Å². The Kier molecular flexibility index (Phi) is 3.97. The Morgan fingerprint density at radius 3 is 2.63 bits per heavy atom. The van der Waals surface area contributed by atoms with Gasteiger partial charge in [-0.15, -0.1) is 0 Å². The van der Waals surface area contributed by atoms with E-state index in [9.17, 15) is 0 Å². The Morgan fingerprint density at radius 2 is 1.95 bits per heavy atom. The second kappa shape index (κ2) is 5.35. The molecular formula is C16H25N3. The van der Waals surface area contributed by atoms with Gasteiger partial charge < -0.3 is 15.6 Å². The number of aryl methyl sites for hydroxylation is 1. The Labute approximate surface area is 115 Å². The Hall–Kier alpha value is -1.32. The lowest BCUT2D eigenvalue weighted by molar-refractivity contribution is 0.210. The molecule has 2 rings (SSSR count). The molecule has 1 aromatic heterocycles. The minimum absolute atomic E-state index is 0.161. The van der Waals surface area contributed by atoms with Crippen LogP contribution in [0.1, 0.15) is 25.1 Å². The zero-order valence-electron chi connectivity index (χ0n) is 12.5. The zero-order valence-corrected chi connectivity index (χ0v) is 12.5. The van der Waals surface area contributed by atoms with Gasteiger partial charge in [0, 0.05) is 29.7 Å². The molecule has 3 N–H and O–H groups in total. The molecule has 0 amide bonds. The van der Waals surface area contributed by atoms with Crippen LogP contribution in [-0.2, 0) is 6.54 Å². The fourth-order valence-electron chi connectivity index (χ4n) is 2.66. The number of nitrogens with one attached hydrogen (secondary N) is 1. The first-order valence-corrected chi connectivity index (χ1v) is 6.88. The van der Waals surface area contributed by atoms with Crippen molar-refractivity contribution >= 4 is 10.9 Å². The van der Waals surface area contributed by atoms with E-state index in [2.05, 4.69) is 62.0 Å². The molecule has 0 aliphatic carbocycles. The van der Waals surface area contributed by atoms with Crippen molar-refractivity contribution in [1.82, 2.24) is 9.88 Å². The molecule has 2 aromatic rings. The molecule has 19 heavy (non-hydrogen) atoms. The van der Waals surface area contributed by atoms with E-state index in [1.54, 1.807) is 0 Å². The lowest BCUT2D eigenvalue weighted by Crippen LogP contribution is -2.36. The van der Waals surface area contributed by atoms with Crippen LogP contribution in [0.3, 0.4) is 0 Å². The molecule has 0 unspecified atom stereocenters. The van der Waals surface area contributed by atoms with Crippen molar-refractivity contribution in [2.75, 3.05) is 20.1 Å². The minimum atomic E-state index is 0.161. The van der Waals surface area contributed by atoms with E-state index in [0.717, 1.165) is 13.1 Å². The topological polar surface area (TPSA) is 45.0 Å². The average Bonchev–Trinajstić information content (AvgIpc) is 2.66. The van der Waals surface area contributed by atoms with E-state index in [0.29, 0.717) is 6.54 Å². The molecule has 0 fully saturated rings. The summed E-state index contributed by atoms with van der Waals surface area (Å²) >= 11 is 0. The summed E-state index contributed by atoms with van der Waals surface area (Å²) in [6.45, 7) is 9.25. The van der Waals surface area contributed by atoms with Crippen molar-refractivity contribution in [3.8, 4) is 0 Å². The van der Waals surface area contributed by atoms with Crippen molar-refractivity contribution in [2.45, 2.75) is 27.3 Å². The van der Waals surface area contributed by atoms with Gasteiger partial charge >= 0.3 is 0 Å². The summed E-state index contributed by atoms with van der Waals surface area (Å²) in [5.41, 5.74) is 9.86. The molecule has 1 aromatic carbocycles. The molecule has 0 radical (unpaired) electrons. The van der Waals surface area contributed by atoms with E-state index >= 15 is 0 Å². The molecule has 0 atom stereocenters. The highest BCUT2D eigenvalue weighted by atomic mass is 15.1. The largest absolute Gasteiger partial charge is 0.358 e. The second-order valence-electron chi connectivity index (χ2n) is 6.31. The van der Waals surface area contributed by atoms with Gasteiger partial charge in [0.05, 0.1) is 0 Å². The van der Waals surface area contributed by atoms with Crippen LogP contribution in [-0.4, -0.2) is 30.0 Å². The third kappa shape index (κ3) is 3.17. The van der Waals surface area contributed by atoms with Gasteiger partial charge in [0.15, 0.2) is 0 Å². The standard InChI is InChI=1S/C16H25N3/c1-12-14(9-19(4)11-16(2,3)10-17)13-7-5-6-8-15(13)18-12/h5-8,18H,9-11,17H2,1-4H3. The highest BCUT2D eigenvalue weighted by molar-refractivity contribution is 5.84. The van der Waals surface area contributed by atoms with Gasteiger partial charge in [0.25, 0.3) is 0 Å². The highest BCUT2D eigenvalue weighted by Gasteiger charge is 2.19. The number of rotatable bonds is 5. The first-order valence-electron chi connectivity index (χ1n) is 6.88. The van der Waals surface area contributed by atoms with Gasteiger partial charge in [-0.05, 0) is 37.6 Å². The van der Waals surface area contributed by atoms with Gasteiger partial charge in [-0.25, -0.2) is 0 Å². The van der Waals surface area contributed by atoms with Gasteiger partial charge in [-0.2, -0.15) is 0 Å². The van der Waals surface area contributed by atoms with Crippen molar-refractivity contribution in [3.63, 3.8) is 0 Å². The van der Waals surface area contributed by atoms with Crippen LogP contribution in [0, 0.1) is 12.3 Å². The minimum Gasteiger partial charge on any atom is -0.358 e. The van der Waals surface area contributed by atoms with Crippen molar-refractivity contribution < 1.29 is 0 Å². The summed E-state index contributed by atoms with van der Waals surface area (Å²) in [6, 6.07) is 8.50. The number of benzene rings is 1. The molecule has 1 heterocycles. The maximum absolute atomic E-state index is 5.82. The summed E-state index contributed by atoms with van der Waals surface area (Å²) in [7, 11) is 2.17. The number of hydrogen-bond acceptors (Lipinski definition) is 2. The number of para-hydroxylation sites is 1. The molecule has 0 saturated heterocycles. The summed E-state index contributed by atoms with van der Waals surface area (Å²) in [4.78, 5) is 5.81. The number of hydrogen-bond donors (Lipinski definition) is 2. The number of H-pyrrole nitrogens is 1. The van der Waals surface area contributed by atoms with Crippen LogP contribution in [0.4, 0.5) is 0 Å². The highest BCUT2D eigenvalue weighted by Crippen LogP contribution is 2.24. The van der Waals surface area contributed by atoms with Gasteiger partial charge in [-0.1, -0.05) is 32.0 Å². The van der Waals surface area contributed by atoms with Crippen LogP contribution in [0.2, 0.25) is 0 Å². The molecule has 0 aliphatic rings. The Balaban J connectivity index is 2.19. The monoisotopic (exact) mass is 259 g/mol. The molecular weight excluding hydrogens is 234 g/mol. The molecule has 0 saturated carbocycles. The molecule has 0 bridgehead atoms. The summed E-state index contributed by atoms with van der Waals surface area (Å²) in [5, 5.41) is 1.33. The van der Waals surface area contributed by atoms with E-state index < -0.39 is 0 Å². The average molecular weight is 259 g/mol.